The summed E-state index contributed by atoms with van der Waals surface area (Å²) >= 11 is 0. The zero-order valence-corrected chi connectivity index (χ0v) is 9.42. The number of benzene rings is 1. The Morgan fingerprint density at radius 2 is 2.00 bits per heavy atom. The van der Waals surface area contributed by atoms with Crippen LogP contribution < -0.4 is 0 Å². The number of rotatable bonds is 2. The van der Waals surface area contributed by atoms with Crippen molar-refractivity contribution < 1.29 is 4.74 Å². The summed E-state index contributed by atoms with van der Waals surface area (Å²) in [6.07, 6.45) is 0. The van der Waals surface area contributed by atoms with E-state index < -0.39 is 0 Å². The summed E-state index contributed by atoms with van der Waals surface area (Å²) in [5, 5.41) is 0. The quantitative estimate of drug-likeness (QED) is 0.650. The highest BCUT2D eigenvalue weighted by Gasteiger charge is 1.91. The van der Waals surface area contributed by atoms with Crippen molar-refractivity contribution in [1.29, 1.82) is 0 Å². The monoisotopic (exact) mass is 190 g/mol. The first-order chi connectivity index (χ1) is 6.86. The van der Waals surface area contributed by atoms with E-state index in [1.807, 2.05) is 45.0 Å². The Bertz CT molecular complexity index is 305. The van der Waals surface area contributed by atoms with Crippen LogP contribution in [0.4, 0.5) is 0 Å². The molecule has 1 heteroatoms. The van der Waals surface area contributed by atoms with Crippen LogP contribution >= 0.6 is 0 Å². The molecular formula is C13H18O. The van der Waals surface area contributed by atoms with Crippen LogP contribution in [-0.2, 0) is 11.3 Å². The average molecular weight is 190 g/mol. The Kier molecular flexibility index (Phi) is 7.59. The average Bonchev–Trinajstić information content (AvgIpc) is 2.22. The third-order valence-corrected chi connectivity index (χ3v) is 1.51. The maximum absolute atomic E-state index is 5.01. The van der Waals surface area contributed by atoms with Gasteiger partial charge in [-0.05, 0) is 24.6 Å². The zero-order valence-electron chi connectivity index (χ0n) is 9.42. The van der Waals surface area contributed by atoms with Crippen molar-refractivity contribution in [3.8, 4) is 11.8 Å². The van der Waals surface area contributed by atoms with Crippen LogP contribution in [0.5, 0.6) is 0 Å². The summed E-state index contributed by atoms with van der Waals surface area (Å²) in [4.78, 5) is 0. The number of ether oxygens (including phenoxy) is 1. The van der Waals surface area contributed by atoms with Gasteiger partial charge in [0.15, 0.2) is 0 Å². The summed E-state index contributed by atoms with van der Waals surface area (Å²) in [5.74, 6) is 5.86. The van der Waals surface area contributed by atoms with Gasteiger partial charge >= 0.3 is 0 Å². The molecule has 1 rings (SSSR count). The van der Waals surface area contributed by atoms with Gasteiger partial charge in [0, 0.05) is 12.7 Å². The molecule has 0 aliphatic rings. The molecule has 0 saturated heterocycles. The van der Waals surface area contributed by atoms with Gasteiger partial charge in [-0.25, -0.2) is 0 Å². The molecule has 0 aliphatic carbocycles. The summed E-state index contributed by atoms with van der Waals surface area (Å²) in [5.41, 5.74) is 2.21. The summed E-state index contributed by atoms with van der Waals surface area (Å²) in [6, 6.07) is 8.06. The first kappa shape index (κ1) is 12.7. The van der Waals surface area contributed by atoms with Crippen LogP contribution in [0.15, 0.2) is 24.3 Å². The van der Waals surface area contributed by atoms with Crippen LogP contribution in [0.25, 0.3) is 0 Å². The number of hydrogen-bond acceptors (Lipinski definition) is 1. The van der Waals surface area contributed by atoms with Crippen LogP contribution in [0, 0.1) is 11.8 Å². The zero-order chi connectivity index (χ0) is 10.8. The van der Waals surface area contributed by atoms with E-state index in [0.29, 0.717) is 6.61 Å². The van der Waals surface area contributed by atoms with Crippen LogP contribution in [-0.4, -0.2) is 7.11 Å². The predicted molar refractivity (Wildman–Crippen MR) is 61.1 cm³/mol. The largest absolute Gasteiger partial charge is 0.380 e. The van der Waals surface area contributed by atoms with Gasteiger partial charge in [0.25, 0.3) is 0 Å². The standard InChI is InChI=1S/C11H12O.C2H6/c1-3-5-10-6-4-7-11(8-10)9-12-2;1-2/h4,6-8H,9H2,1-2H3;1-2H3. The van der Waals surface area contributed by atoms with Crippen molar-refractivity contribution >= 4 is 0 Å². The lowest BCUT2D eigenvalue weighted by Crippen LogP contribution is -1.87. The Balaban J connectivity index is 0.000000791. The second kappa shape index (κ2) is 8.34. The molecular weight excluding hydrogens is 172 g/mol. The van der Waals surface area contributed by atoms with E-state index >= 15 is 0 Å². The lowest BCUT2D eigenvalue weighted by Gasteiger charge is -1.98. The topological polar surface area (TPSA) is 9.23 Å². The second-order valence-corrected chi connectivity index (χ2v) is 2.51. The fourth-order valence-electron chi connectivity index (χ4n) is 1.05. The lowest BCUT2D eigenvalue weighted by molar-refractivity contribution is 0.185. The molecule has 0 fully saturated rings. The van der Waals surface area contributed by atoms with Gasteiger partial charge in [0.05, 0.1) is 6.61 Å². The number of hydrogen-bond donors (Lipinski definition) is 0. The van der Waals surface area contributed by atoms with Gasteiger partial charge in [-0.2, -0.15) is 0 Å². The summed E-state index contributed by atoms with van der Waals surface area (Å²) < 4.78 is 5.01. The van der Waals surface area contributed by atoms with E-state index in [9.17, 15) is 0 Å². The minimum absolute atomic E-state index is 0.652. The molecule has 1 aromatic rings. The summed E-state index contributed by atoms with van der Waals surface area (Å²) in [6.45, 7) is 6.49. The molecule has 0 aromatic heterocycles. The highest BCUT2D eigenvalue weighted by Crippen LogP contribution is 2.04. The van der Waals surface area contributed by atoms with Gasteiger partial charge in [-0.1, -0.05) is 31.9 Å². The molecule has 0 unspecified atom stereocenters. The maximum atomic E-state index is 5.01. The predicted octanol–water partition coefficient (Wildman–Crippen LogP) is 3.23. The Hall–Kier alpha value is -1.26. The fourth-order valence-corrected chi connectivity index (χ4v) is 1.05. The molecule has 0 heterocycles. The molecule has 76 valence electrons. The number of methoxy groups -OCH3 is 1. The van der Waals surface area contributed by atoms with Crippen molar-refractivity contribution in [2.75, 3.05) is 7.11 Å². The van der Waals surface area contributed by atoms with E-state index in [0.717, 1.165) is 11.1 Å². The third kappa shape index (κ3) is 4.69. The Labute approximate surface area is 87.1 Å². The van der Waals surface area contributed by atoms with Gasteiger partial charge < -0.3 is 4.74 Å². The van der Waals surface area contributed by atoms with E-state index in [1.165, 1.54) is 0 Å². The van der Waals surface area contributed by atoms with Crippen molar-refractivity contribution in [3.63, 3.8) is 0 Å². The minimum atomic E-state index is 0.652. The fraction of sp³-hybridized carbons (Fsp3) is 0.385. The molecule has 0 spiro atoms. The smallest absolute Gasteiger partial charge is 0.0713 e. The van der Waals surface area contributed by atoms with E-state index in [4.69, 9.17) is 4.74 Å². The molecule has 14 heavy (non-hydrogen) atoms. The van der Waals surface area contributed by atoms with E-state index in [1.54, 1.807) is 7.11 Å². The molecule has 0 saturated carbocycles. The molecule has 0 atom stereocenters. The van der Waals surface area contributed by atoms with Crippen LogP contribution in [0.1, 0.15) is 31.9 Å². The van der Waals surface area contributed by atoms with Crippen molar-refractivity contribution in [2.45, 2.75) is 27.4 Å². The van der Waals surface area contributed by atoms with Crippen molar-refractivity contribution in [3.05, 3.63) is 35.4 Å². The first-order valence-electron chi connectivity index (χ1n) is 4.87. The molecule has 0 amide bonds. The molecule has 1 nitrogen and oxygen atoms in total. The van der Waals surface area contributed by atoms with E-state index in [-0.39, 0.29) is 0 Å². The lowest BCUT2D eigenvalue weighted by atomic mass is 10.1. The summed E-state index contributed by atoms with van der Waals surface area (Å²) in [7, 11) is 1.69. The highest BCUT2D eigenvalue weighted by atomic mass is 16.5. The molecule has 0 radical (unpaired) electrons. The highest BCUT2D eigenvalue weighted by molar-refractivity contribution is 5.36. The van der Waals surface area contributed by atoms with Crippen molar-refractivity contribution in [1.82, 2.24) is 0 Å². The van der Waals surface area contributed by atoms with E-state index in [2.05, 4.69) is 11.8 Å². The normalized spacial score (nSPS) is 8.00. The Morgan fingerprint density at radius 3 is 2.57 bits per heavy atom. The third-order valence-electron chi connectivity index (χ3n) is 1.51. The van der Waals surface area contributed by atoms with Gasteiger partial charge in [0.2, 0.25) is 0 Å². The first-order valence-corrected chi connectivity index (χ1v) is 4.87. The van der Waals surface area contributed by atoms with Crippen LogP contribution in [0.2, 0.25) is 0 Å². The van der Waals surface area contributed by atoms with Crippen LogP contribution in [0.3, 0.4) is 0 Å². The van der Waals surface area contributed by atoms with Crippen molar-refractivity contribution in [2.24, 2.45) is 0 Å². The molecule has 0 N–H and O–H groups in total. The maximum Gasteiger partial charge on any atom is 0.0713 e. The molecule has 0 bridgehead atoms. The Morgan fingerprint density at radius 1 is 1.29 bits per heavy atom. The van der Waals surface area contributed by atoms with Gasteiger partial charge in [-0.3, -0.25) is 0 Å². The molecule has 0 aliphatic heterocycles. The SMILES string of the molecule is CC.CC#Cc1cccc(COC)c1. The minimum Gasteiger partial charge on any atom is -0.380 e. The van der Waals surface area contributed by atoms with Gasteiger partial charge in [-0.15, -0.1) is 5.92 Å². The van der Waals surface area contributed by atoms with Gasteiger partial charge in [0.1, 0.15) is 0 Å². The second-order valence-electron chi connectivity index (χ2n) is 2.51. The molecule has 1 aromatic carbocycles.